The standard InChI is InChI=1S/C23H26N4O2/c1-17-24-23-20(16-18-8-4-3-5-9-18)26(14-15-27(23)25-17)22(28)13-12-19-10-6-7-11-21(19)29-2/h3-11,20H,12-16H2,1-2H3/t20-/m0/s1. The highest BCUT2D eigenvalue weighted by Gasteiger charge is 2.33. The Labute approximate surface area is 171 Å². The number of carbonyl (C=O) groups is 1. The quantitative estimate of drug-likeness (QED) is 0.648. The van der Waals surface area contributed by atoms with Crippen LogP contribution in [0.5, 0.6) is 5.75 Å². The molecule has 0 saturated carbocycles. The zero-order valence-corrected chi connectivity index (χ0v) is 16.9. The Hall–Kier alpha value is -3.15. The van der Waals surface area contributed by atoms with Gasteiger partial charge in [0.25, 0.3) is 0 Å². The molecule has 1 amide bonds. The summed E-state index contributed by atoms with van der Waals surface area (Å²) < 4.78 is 7.38. The summed E-state index contributed by atoms with van der Waals surface area (Å²) in [7, 11) is 1.66. The van der Waals surface area contributed by atoms with Crippen LogP contribution in [0.2, 0.25) is 0 Å². The van der Waals surface area contributed by atoms with Crippen molar-refractivity contribution < 1.29 is 9.53 Å². The normalized spacial score (nSPS) is 15.8. The number of aromatic nitrogens is 3. The van der Waals surface area contributed by atoms with Gasteiger partial charge in [0, 0.05) is 19.4 Å². The average Bonchev–Trinajstić information content (AvgIpc) is 3.14. The lowest BCUT2D eigenvalue weighted by atomic mass is 10.0. The molecule has 0 unspecified atom stereocenters. The second-order valence-corrected chi connectivity index (χ2v) is 7.34. The number of amides is 1. The maximum atomic E-state index is 13.2. The molecule has 29 heavy (non-hydrogen) atoms. The number of hydrogen-bond donors (Lipinski definition) is 0. The fraction of sp³-hybridized carbons (Fsp3) is 0.348. The van der Waals surface area contributed by atoms with Crippen LogP contribution in [0.25, 0.3) is 0 Å². The first-order valence-corrected chi connectivity index (χ1v) is 10.0. The Morgan fingerprint density at radius 3 is 2.66 bits per heavy atom. The molecule has 6 heteroatoms. The molecule has 2 aromatic carbocycles. The monoisotopic (exact) mass is 390 g/mol. The number of aryl methyl sites for hydroxylation is 2. The van der Waals surface area contributed by atoms with E-state index in [0.29, 0.717) is 25.9 Å². The molecule has 0 radical (unpaired) electrons. The minimum atomic E-state index is -0.0995. The van der Waals surface area contributed by atoms with Gasteiger partial charge in [-0.1, -0.05) is 48.5 Å². The molecule has 150 valence electrons. The summed E-state index contributed by atoms with van der Waals surface area (Å²) in [5.41, 5.74) is 2.24. The lowest BCUT2D eigenvalue weighted by Crippen LogP contribution is -2.43. The van der Waals surface area contributed by atoms with Crippen molar-refractivity contribution in [2.75, 3.05) is 13.7 Å². The third-order valence-electron chi connectivity index (χ3n) is 5.43. The van der Waals surface area contributed by atoms with Crippen molar-refractivity contribution in [2.24, 2.45) is 0 Å². The Morgan fingerprint density at radius 2 is 1.86 bits per heavy atom. The van der Waals surface area contributed by atoms with Crippen molar-refractivity contribution in [2.45, 2.75) is 38.8 Å². The SMILES string of the molecule is COc1ccccc1CCC(=O)N1CCn2nc(C)nc2[C@@H]1Cc1ccccc1. The average molecular weight is 390 g/mol. The van der Waals surface area contributed by atoms with Crippen LogP contribution in [-0.4, -0.2) is 39.2 Å². The fourth-order valence-corrected chi connectivity index (χ4v) is 4.01. The van der Waals surface area contributed by atoms with Crippen molar-refractivity contribution in [3.8, 4) is 5.75 Å². The summed E-state index contributed by atoms with van der Waals surface area (Å²) in [5, 5.41) is 4.50. The molecule has 0 N–H and O–H groups in total. The largest absolute Gasteiger partial charge is 0.496 e. The molecule has 0 bridgehead atoms. The predicted octanol–water partition coefficient (Wildman–Crippen LogP) is 3.35. The summed E-state index contributed by atoms with van der Waals surface area (Å²) in [5.74, 6) is 2.60. The van der Waals surface area contributed by atoms with E-state index in [-0.39, 0.29) is 11.9 Å². The number of carbonyl (C=O) groups excluding carboxylic acids is 1. The van der Waals surface area contributed by atoms with E-state index in [1.165, 1.54) is 5.56 Å². The molecule has 3 aromatic rings. The molecule has 1 atom stereocenters. The highest BCUT2D eigenvalue weighted by Crippen LogP contribution is 2.29. The minimum Gasteiger partial charge on any atom is -0.496 e. The first-order valence-electron chi connectivity index (χ1n) is 10.0. The first-order chi connectivity index (χ1) is 14.2. The summed E-state index contributed by atoms with van der Waals surface area (Å²) in [6.45, 7) is 3.23. The van der Waals surface area contributed by atoms with Crippen LogP contribution in [0.4, 0.5) is 0 Å². The van der Waals surface area contributed by atoms with Gasteiger partial charge in [-0.2, -0.15) is 5.10 Å². The van der Waals surface area contributed by atoms with Gasteiger partial charge in [-0.15, -0.1) is 0 Å². The Kier molecular flexibility index (Phi) is 5.60. The summed E-state index contributed by atoms with van der Waals surface area (Å²) in [4.78, 5) is 19.8. The van der Waals surface area contributed by atoms with Crippen LogP contribution in [-0.2, 0) is 24.2 Å². The molecule has 0 saturated heterocycles. The van der Waals surface area contributed by atoms with E-state index in [1.54, 1.807) is 7.11 Å². The second-order valence-electron chi connectivity index (χ2n) is 7.34. The van der Waals surface area contributed by atoms with Gasteiger partial charge in [-0.3, -0.25) is 4.79 Å². The number of fused-ring (bicyclic) bond motifs is 1. The second kappa shape index (κ2) is 8.47. The van der Waals surface area contributed by atoms with Crippen molar-refractivity contribution in [3.05, 3.63) is 77.4 Å². The number of ether oxygens (including phenoxy) is 1. The number of nitrogens with zero attached hydrogens (tertiary/aromatic N) is 4. The predicted molar refractivity (Wildman–Crippen MR) is 111 cm³/mol. The fourth-order valence-electron chi connectivity index (χ4n) is 4.01. The van der Waals surface area contributed by atoms with Crippen LogP contribution < -0.4 is 4.74 Å². The molecule has 1 aromatic heterocycles. The van der Waals surface area contributed by atoms with Gasteiger partial charge in [0.15, 0.2) is 0 Å². The van der Waals surface area contributed by atoms with Crippen molar-refractivity contribution >= 4 is 5.91 Å². The molecule has 1 aliphatic heterocycles. The lowest BCUT2D eigenvalue weighted by Gasteiger charge is -2.35. The van der Waals surface area contributed by atoms with E-state index in [0.717, 1.165) is 29.4 Å². The highest BCUT2D eigenvalue weighted by molar-refractivity contribution is 5.77. The first kappa shape index (κ1) is 19.2. The van der Waals surface area contributed by atoms with Crippen LogP contribution in [0.3, 0.4) is 0 Å². The zero-order chi connectivity index (χ0) is 20.2. The Morgan fingerprint density at radius 1 is 1.10 bits per heavy atom. The maximum Gasteiger partial charge on any atom is 0.223 e. The van der Waals surface area contributed by atoms with Gasteiger partial charge >= 0.3 is 0 Å². The number of hydrogen-bond acceptors (Lipinski definition) is 4. The number of benzene rings is 2. The lowest BCUT2D eigenvalue weighted by molar-refractivity contribution is -0.135. The van der Waals surface area contributed by atoms with Gasteiger partial charge in [0.1, 0.15) is 17.4 Å². The molecule has 4 rings (SSSR count). The van der Waals surface area contributed by atoms with Crippen molar-refractivity contribution in [3.63, 3.8) is 0 Å². The van der Waals surface area contributed by atoms with Crippen LogP contribution >= 0.6 is 0 Å². The maximum absolute atomic E-state index is 13.2. The van der Waals surface area contributed by atoms with E-state index in [1.807, 2.05) is 59.0 Å². The van der Waals surface area contributed by atoms with Crippen molar-refractivity contribution in [1.29, 1.82) is 0 Å². The summed E-state index contributed by atoms with van der Waals surface area (Å²) in [6, 6.07) is 18.0. The smallest absolute Gasteiger partial charge is 0.223 e. The van der Waals surface area contributed by atoms with Gasteiger partial charge in [0.05, 0.1) is 19.7 Å². The third kappa shape index (κ3) is 4.16. The van der Waals surface area contributed by atoms with Crippen LogP contribution in [0.1, 0.15) is 35.2 Å². The topological polar surface area (TPSA) is 60.2 Å². The molecular weight excluding hydrogens is 364 g/mol. The molecule has 2 heterocycles. The van der Waals surface area contributed by atoms with Gasteiger partial charge in [-0.25, -0.2) is 9.67 Å². The van der Waals surface area contributed by atoms with E-state index in [4.69, 9.17) is 4.74 Å². The minimum absolute atomic E-state index is 0.0995. The zero-order valence-electron chi connectivity index (χ0n) is 16.9. The number of rotatable bonds is 6. The van der Waals surface area contributed by atoms with Gasteiger partial charge in [-0.05, 0) is 30.5 Å². The summed E-state index contributed by atoms with van der Waals surface area (Å²) in [6.07, 6.45) is 1.83. The number of methoxy groups -OCH3 is 1. The Bertz CT molecular complexity index is 984. The highest BCUT2D eigenvalue weighted by atomic mass is 16.5. The van der Waals surface area contributed by atoms with E-state index < -0.39 is 0 Å². The van der Waals surface area contributed by atoms with Crippen LogP contribution in [0, 0.1) is 6.92 Å². The van der Waals surface area contributed by atoms with Gasteiger partial charge < -0.3 is 9.64 Å². The van der Waals surface area contributed by atoms with Crippen molar-refractivity contribution in [1.82, 2.24) is 19.7 Å². The third-order valence-corrected chi connectivity index (χ3v) is 5.43. The summed E-state index contributed by atoms with van der Waals surface area (Å²) >= 11 is 0. The van der Waals surface area contributed by atoms with E-state index >= 15 is 0 Å². The Balaban J connectivity index is 1.54. The van der Waals surface area contributed by atoms with Crippen LogP contribution in [0.15, 0.2) is 54.6 Å². The number of para-hydroxylation sites is 1. The molecule has 0 spiro atoms. The molecule has 0 aliphatic carbocycles. The molecule has 0 fully saturated rings. The molecular formula is C23H26N4O2. The van der Waals surface area contributed by atoms with E-state index in [9.17, 15) is 4.79 Å². The molecule has 6 nitrogen and oxygen atoms in total. The molecule has 1 aliphatic rings. The van der Waals surface area contributed by atoms with Gasteiger partial charge in [0.2, 0.25) is 5.91 Å². The van der Waals surface area contributed by atoms with E-state index in [2.05, 4.69) is 22.2 Å².